The van der Waals surface area contributed by atoms with Crippen molar-refractivity contribution < 1.29 is 9.72 Å². The molecule has 0 atom stereocenters. The highest BCUT2D eigenvalue weighted by Crippen LogP contribution is 2.20. The molecule has 6 nitrogen and oxygen atoms in total. The highest BCUT2D eigenvalue weighted by Gasteiger charge is 2.14. The number of pyridine rings is 1. The summed E-state index contributed by atoms with van der Waals surface area (Å²) in [5.41, 5.74) is 0.117. The summed E-state index contributed by atoms with van der Waals surface area (Å²) in [4.78, 5) is 28.5. The zero-order valence-corrected chi connectivity index (χ0v) is 11.9. The fourth-order valence-corrected chi connectivity index (χ4v) is 2.27. The molecule has 98 valence electrons. The van der Waals surface area contributed by atoms with Crippen molar-refractivity contribution in [1.82, 2.24) is 9.97 Å². The number of hydrogen-bond acceptors (Lipinski definition) is 5. The first-order valence-corrected chi connectivity index (χ1v) is 6.94. The zero-order chi connectivity index (χ0) is 13.8. The summed E-state index contributed by atoms with van der Waals surface area (Å²) >= 11 is 4.55. The van der Waals surface area contributed by atoms with Gasteiger partial charge in [-0.05, 0) is 28.1 Å². The van der Waals surface area contributed by atoms with Gasteiger partial charge in [-0.3, -0.25) is 14.9 Å². The molecule has 0 radical (unpaired) electrons. The average molecular weight is 342 g/mol. The minimum atomic E-state index is -0.545. The van der Waals surface area contributed by atoms with Crippen LogP contribution in [0.25, 0.3) is 0 Å². The lowest BCUT2D eigenvalue weighted by Gasteiger charge is -1.99. The third kappa shape index (κ3) is 3.65. The van der Waals surface area contributed by atoms with Crippen molar-refractivity contribution in [1.29, 1.82) is 0 Å². The van der Waals surface area contributed by atoms with E-state index < -0.39 is 4.92 Å². The number of ketones is 1. The Morgan fingerprint density at radius 1 is 1.53 bits per heavy atom. The Morgan fingerprint density at radius 3 is 2.89 bits per heavy atom. The van der Waals surface area contributed by atoms with E-state index in [1.165, 1.54) is 24.0 Å². The van der Waals surface area contributed by atoms with Crippen LogP contribution < -0.4 is 0 Å². The number of nitrogens with zero attached hydrogens (tertiary/aromatic N) is 2. The average Bonchev–Trinajstić information content (AvgIpc) is 2.87. The number of nitro groups is 1. The van der Waals surface area contributed by atoms with Gasteiger partial charge in [-0.25, -0.2) is 4.98 Å². The van der Waals surface area contributed by atoms with Crippen LogP contribution in [0.3, 0.4) is 0 Å². The predicted molar refractivity (Wildman–Crippen MR) is 74.4 cm³/mol. The molecule has 0 saturated carbocycles. The Balaban J connectivity index is 1.97. The molecule has 2 heterocycles. The van der Waals surface area contributed by atoms with Crippen LogP contribution in [-0.2, 0) is 0 Å². The number of Topliss-reactive ketones (excluding diaryl/α,β-unsaturated/α-hetero) is 1. The van der Waals surface area contributed by atoms with E-state index in [0.717, 1.165) is 9.50 Å². The summed E-state index contributed by atoms with van der Waals surface area (Å²) in [5, 5.41) is 11.2. The van der Waals surface area contributed by atoms with E-state index in [1.54, 1.807) is 12.3 Å². The van der Waals surface area contributed by atoms with E-state index in [-0.39, 0.29) is 22.9 Å². The van der Waals surface area contributed by atoms with Crippen molar-refractivity contribution in [2.45, 2.75) is 5.03 Å². The van der Waals surface area contributed by atoms with Crippen molar-refractivity contribution in [2.24, 2.45) is 0 Å². The van der Waals surface area contributed by atoms with Crippen LogP contribution in [0.4, 0.5) is 5.69 Å². The van der Waals surface area contributed by atoms with Crippen molar-refractivity contribution in [3.05, 3.63) is 50.9 Å². The number of carbonyl (C=O) groups is 1. The number of halogens is 1. The predicted octanol–water partition coefficient (Wildman–Crippen LogP) is 3.06. The first-order valence-electron chi connectivity index (χ1n) is 5.16. The van der Waals surface area contributed by atoms with Crippen LogP contribution >= 0.6 is 27.7 Å². The number of thioether (sulfide) groups is 1. The van der Waals surface area contributed by atoms with Gasteiger partial charge in [0.2, 0.25) is 0 Å². The molecule has 0 fully saturated rings. The minimum Gasteiger partial charge on any atom is -0.353 e. The maximum Gasteiger partial charge on any atom is 0.287 e. The van der Waals surface area contributed by atoms with Crippen LogP contribution in [-0.4, -0.2) is 26.4 Å². The first-order chi connectivity index (χ1) is 9.06. The molecule has 0 aliphatic heterocycles. The monoisotopic (exact) mass is 341 g/mol. The van der Waals surface area contributed by atoms with Gasteiger partial charge >= 0.3 is 0 Å². The Kier molecular flexibility index (Phi) is 4.33. The Morgan fingerprint density at radius 2 is 2.32 bits per heavy atom. The number of rotatable bonds is 5. The van der Waals surface area contributed by atoms with Crippen LogP contribution in [0.5, 0.6) is 0 Å². The molecule has 0 bridgehead atoms. The van der Waals surface area contributed by atoms with Gasteiger partial charge in [0.05, 0.1) is 27.6 Å². The van der Waals surface area contributed by atoms with Crippen molar-refractivity contribution in [3.8, 4) is 0 Å². The van der Waals surface area contributed by atoms with Crippen molar-refractivity contribution in [3.63, 3.8) is 0 Å². The molecule has 8 heteroatoms. The lowest BCUT2D eigenvalue weighted by Crippen LogP contribution is -2.02. The second-order valence-corrected chi connectivity index (χ2v) is 5.47. The quantitative estimate of drug-likeness (QED) is 0.390. The maximum absolute atomic E-state index is 11.8. The third-order valence-electron chi connectivity index (χ3n) is 2.23. The van der Waals surface area contributed by atoms with E-state index in [4.69, 9.17) is 0 Å². The van der Waals surface area contributed by atoms with Crippen LogP contribution in [0.1, 0.15) is 10.5 Å². The molecule has 0 aliphatic carbocycles. The fraction of sp³-hybridized carbons (Fsp3) is 0.0909. The Bertz CT molecular complexity index is 612. The summed E-state index contributed by atoms with van der Waals surface area (Å²) in [7, 11) is 0. The van der Waals surface area contributed by atoms with Gasteiger partial charge in [0.1, 0.15) is 0 Å². The summed E-state index contributed by atoms with van der Waals surface area (Å²) in [6.07, 6.45) is 2.85. The van der Waals surface area contributed by atoms with Gasteiger partial charge in [-0.15, -0.1) is 0 Å². The Labute approximate surface area is 120 Å². The summed E-state index contributed by atoms with van der Waals surface area (Å²) in [5.74, 6) is -0.0328. The first kappa shape index (κ1) is 13.8. The molecule has 2 aromatic rings. The molecule has 0 amide bonds. The SMILES string of the molecule is O=C(CSc1ccc(Br)cn1)c1cc([N+](=O)[O-])c[nH]1. The summed E-state index contributed by atoms with van der Waals surface area (Å²) in [6, 6.07) is 4.86. The van der Waals surface area contributed by atoms with Crippen LogP contribution in [0, 0.1) is 10.1 Å². The molecule has 0 unspecified atom stereocenters. The van der Waals surface area contributed by atoms with E-state index in [2.05, 4.69) is 25.9 Å². The number of aromatic amines is 1. The van der Waals surface area contributed by atoms with Gasteiger partial charge in [-0.2, -0.15) is 0 Å². The number of aromatic nitrogens is 2. The number of hydrogen-bond donors (Lipinski definition) is 1. The van der Waals surface area contributed by atoms with Crippen LogP contribution in [0.15, 0.2) is 40.1 Å². The van der Waals surface area contributed by atoms with E-state index >= 15 is 0 Å². The van der Waals surface area contributed by atoms with E-state index in [9.17, 15) is 14.9 Å². The van der Waals surface area contributed by atoms with E-state index in [0.29, 0.717) is 0 Å². The lowest BCUT2D eigenvalue weighted by molar-refractivity contribution is -0.384. The molecular formula is C11H8BrN3O3S. The van der Waals surface area contributed by atoms with Gasteiger partial charge < -0.3 is 4.98 Å². The smallest absolute Gasteiger partial charge is 0.287 e. The highest BCUT2D eigenvalue weighted by molar-refractivity contribution is 9.10. The molecule has 2 aromatic heterocycles. The van der Waals surface area contributed by atoms with Gasteiger partial charge in [0, 0.05) is 16.7 Å². The molecule has 2 rings (SSSR count). The van der Waals surface area contributed by atoms with Crippen molar-refractivity contribution in [2.75, 3.05) is 5.75 Å². The Hall–Kier alpha value is -1.67. The van der Waals surface area contributed by atoms with Gasteiger partial charge in [0.15, 0.2) is 5.78 Å². The molecule has 0 saturated heterocycles. The van der Waals surface area contributed by atoms with Gasteiger partial charge in [-0.1, -0.05) is 11.8 Å². The topological polar surface area (TPSA) is 88.9 Å². The highest BCUT2D eigenvalue weighted by atomic mass is 79.9. The number of carbonyl (C=O) groups excluding carboxylic acids is 1. The lowest BCUT2D eigenvalue weighted by atomic mass is 10.3. The standard InChI is InChI=1S/C11H8BrN3O3S/c12-7-1-2-11(14-4-7)19-6-10(16)9-3-8(5-13-9)15(17)18/h1-5,13H,6H2. The molecule has 19 heavy (non-hydrogen) atoms. The largest absolute Gasteiger partial charge is 0.353 e. The van der Waals surface area contributed by atoms with Gasteiger partial charge in [0.25, 0.3) is 5.69 Å². The third-order valence-corrected chi connectivity index (χ3v) is 3.64. The summed E-state index contributed by atoms with van der Waals surface area (Å²) in [6.45, 7) is 0. The van der Waals surface area contributed by atoms with Crippen molar-refractivity contribution >= 4 is 39.2 Å². The number of H-pyrrole nitrogens is 1. The maximum atomic E-state index is 11.8. The summed E-state index contributed by atoms with van der Waals surface area (Å²) < 4.78 is 0.864. The second kappa shape index (κ2) is 5.98. The minimum absolute atomic E-state index is 0.116. The molecule has 0 aromatic carbocycles. The normalized spacial score (nSPS) is 10.4. The second-order valence-electron chi connectivity index (χ2n) is 3.56. The molecule has 0 aliphatic rings. The van der Waals surface area contributed by atoms with E-state index in [1.807, 2.05) is 6.07 Å². The fourth-order valence-electron chi connectivity index (χ4n) is 1.31. The number of nitrogens with one attached hydrogen (secondary N) is 1. The molecule has 1 N–H and O–H groups in total. The van der Waals surface area contributed by atoms with Crippen LogP contribution in [0.2, 0.25) is 0 Å². The zero-order valence-electron chi connectivity index (χ0n) is 9.50. The molecular weight excluding hydrogens is 334 g/mol. The molecule has 0 spiro atoms.